The molecular weight excluding hydrogens is 249 g/mol. The Labute approximate surface area is 89.5 Å². The third-order valence-electron chi connectivity index (χ3n) is 1.86. The van der Waals surface area contributed by atoms with Gasteiger partial charge in [-0.25, -0.2) is 4.39 Å². The van der Waals surface area contributed by atoms with Gasteiger partial charge in [0.15, 0.2) is 5.96 Å². The van der Waals surface area contributed by atoms with E-state index in [9.17, 15) is 4.39 Å². The van der Waals surface area contributed by atoms with Crippen molar-refractivity contribution in [2.24, 2.45) is 4.99 Å². The Kier molecular flexibility index (Phi) is 2.67. The lowest BCUT2D eigenvalue weighted by Crippen LogP contribution is -2.26. The molecule has 74 valence electrons. The smallest absolute Gasteiger partial charge is 0.196 e. The zero-order valence-electron chi connectivity index (χ0n) is 7.35. The molecule has 1 heterocycles. The molecule has 1 aliphatic heterocycles. The summed E-state index contributed by atoms with van der Waals surface area (Å²) in [6, 6.07) is 4.86. The van der Waals surface area contributed by atoms with Gasteiger partial charge in [-0.3, -0.25) is 4.99 Å². The van der Waals surface area contributed by atoms with Crippen LogP contribution in [0, 0.1) is 5.82 Å². The summed E-state index contributed by atoms with van der Waals surface area (Å²) < 4.78 is 14.1. The van der Waals surface area contributed by atoms with E-state index < -0.39 is 0 Å². The van der Waals surface area contributed by atoms with Crippen molar-refractivity contribution in [3.8, 4) is 0 Å². The lowest BCUT2D eigenvalue weighted by Gasteiger charge is -2.07. The first-order valence-corrected chi connectivity index (χ1v) is 5.05. The Hall–Kier alpha value is -1.10. The number of rotatable bonds is 1. The van der Waals surface area contributed by atoms with E-state index in [4.69, 9.17) is 0 Å². The molecule has 0 aromatic heterocycles. The number of guanidine groups is 1. The first kappa shape index (κ1) is 9.45. The highest BCUT2D eigenvalue weighted by Crippen LogP contribution is 2.19. The number of hydrogen-bond donors (Lipinski definition) is 2. The van der Waals surface area contributed by atoms with Crippen molar-refractivity contribution >= 4 is 27.6 Å². The molecule has 0 unspecified atom stereocenters. The van der Waals surface area contributed by atoms with Gasteiger partial charge in [0.2, 0.25) is 0 Å². The van der Waals surface area contributed by atoms with Gasteiger partial charge < -0.3 is 10.6 Å². The van der Waals surface area contributed by atoms with Gasteiger partial charge in [-0.2, -0.15) is 0 Å². The molecule has 0 saturated carbocycles. The topological polar surface area (TPSA) is 36.4 Å². The summed E-state index contributed by atoms with van der Waals surface area (Å²) in [7, 11) is 0. The molecule has 0 atom stereocenters. The summed E-state index contributed by atoms with van der Waals surface area (Å²) in [5.41, 5.74) is 0.432. The fourth-order valence-electron chi connectivity index (χ4n) is 1.20. The van der Waals surface area contributed by atoms with Crippen molar-refractivity contribution in [2.75, 3.05) is 18.4 Å². The van der Waals surface area contributed by atoms with Crippen molar-refractivity contribution in [2.45, 2.75) is 0 Å². The molecule has 5 heteroatoms. The lowest BCUT2D eigenvalue weighted by atomic mass is 10.3. The second-order valence-corrected chi connectivity index (χ2v) is 3.82. The molecule has 0 radical (unpaired) electrons. The second-order valence-electron chi connectivity index (χ2n) is 2.91. The van der Waals surface area contributed by atoms with Crippen molar-refractivity contribution in [1.29, 1.82) is 0 Å². The van der Waals surface area contributed by atoms with Gasteiger partial charge in [-0.1, -0.05) is 15.9 Å². The predicted molar refractivity (Wildman–Crippen MR) is 58.0 cm³/mol. The van der Waals surface area contributed by atoms with Crippen LogP contribution in [0.2, 0.25) is 0 Å². The molecule has 2 rings (SSSR count). The molecule has 2 N–H and O–H groups in total. The normalized spacial score (nSPS) is 14.9. The minimum absolute atomic E-state index is 0.296. The Bertz CT molecular complexity index is 378. The van der Waals surface area contributed by atoms with Crippen molar-refractivity contribution < 1.29 is 4.39 Å². The predicted octanol–water partition coefficient (Wildman–Crippen LogP) is 1.96. The van der Waals surface area contributed by atoms with E-state index in [1.54, 1.807) is 12.1 Å². The summed E-state index contributed by atoms with van der Waals surface area (Å²) in [6.45, 7) is 1.54. The van der Waals surface area contributed by atoms with Gasteiger partial charge in [-0.15, -0.1) is 0 Å². The molecule has 3 nitrogen and oxygen atoms in total. The number of halogens is 2. The highest BCUT2D eigenvalue weighted by atomic mass is 79.9. The van der Waals surface area contributed by atoms with E-state index in [-0.39, 0.29) is 5.82 Å². The van der Waals surface area contributed by atoms with Crippen molar-refractivity contribution in [3.63, 3.8) is 0 Å². The lowest BCUT2D eigenvalue weighted by molar-refractivity contribution is 0.631. The maximum Gasteiger partial charge on any atom is 0.196 e. The monoisotopic (exact) mass is 257 g/mol. The van der Waals surface area contributed by atoms with Gasteiger partial charge in [0, 0.05) is 11.0 Å². The van der Waals surface area contributed by atoms with Crippen LogP contribution in [-0.4, -0.2) is 19.0 Å². The van der Waals surface area contributed by atoms with Gasteiger partial charge >= 0.3 is 0 Å². The number of benzene rings is 1. The van der Waals surface area contributed by atoms with Gasteiger partial charge in [-0.05, 0) is 18.2 Å². The maximum absolute atomic E-state index is 13.3. The highest BCUT2D eigenvalue weighted by Gasteiger charge is 2.08. The standard InChI is InChI=1S/C9H9BrFN3/c10-6-1-2-8(7(11)5-6)14-9-12-3-4-13-9/h1-2,5H,3-4H2,(H2,12,13,14). The Balaban J connectivity index is 2.16. The van der Waals surface area contributed by atoms with Crippen LogP contribution in [0.15, 0.2) is 27.7 Å². The third-order valence-corrected chi connectivity index (χ3v) is 2.35. The summed E-state index contributed by atoms with van der Waals surface area (Å²) in [4.78, 5) is 4.11. The highest BCUT2D eigenvalue weighted by molar-refractivity contribution is 9.10. The Morgan fingerprint density at radius 1 is 1.50 bits per heavy atom. The molecule has 0 amide bonds. The van der Waals surface area contributed by atoms with E-state index in [0.717, 1.165) is 17.6 Å². The van der Waals surface area contributed by atoms with Crippen LogP contribution < -0.4 is 10.6 Å². The first-order chi connectivity index (χ1) is 6.75. The van der Waals surface area contributed by atoms with Crippen molar-refractivity contribution in [3.05, 3.63) is 28.5 Å². The number of nitrogens with zero attached hydrogens (tertiary/aromatic N) is 1. The van der Waals surface area contributed by atoms with E-state index in [1.165, 1.54) is 6.07 Å². The van der Waals surface area contributed by atoms with Crippen LogP contribution in [0.25, 0.3) is 0 Å². The minimum atomic E-state index is -0.296. The van der Waals surface area contributed by atoms with Crippen LogP contribution in [0.3, 0.4) is 0 Å². The number of nitrogens with one attached hydrogen (secondary N) is 2. The molecule has 1 aromatic rings. The molecule has 0 fully saturated rings. The van der Waals surface area contributed by atoms with Gasteiger partial charge in [0.05, 0.1) is 12.2 Å². The molecule has 0 bridgehead atoms. The Morgan fingerprint density at radius 2 is 2.36 bits per heavy atom. The fourth-order valence-corrected chi connectivity index (χ4v) is 1.53. The molecule has 0 spiro atoms. The summed E-state index contributed by atoms with van der Waals surface area (Å²) in [5, 5.41) is 5.89. The van der Waals surface area contributed by atoms with Gasteiger partial charge in [0.1, 0.15) is 5.82 Å². The van der Waals surface area contributed by atoms with Gasteiger partial charge in [0.25, 0.3) is 0 Å². The van der Waals surface area contributed by atoms with Crippen LogP contribution in [0.5, 0.6) is 0 Å². The molecule has 1 aliphatic rings. The molecule has 0 saturated heterocycles. The zero-order valence-corrected chi connectivity index (χ0v) is 8.94. The average molecular weight is 258 g/mol. The van der Waals surface area contributed by atoms with Crippen LogP contribution in [0.4, 0.5) is 10.1 Å². The molecule has 1 aromatic carbocycles. The fraction of sp³-hybridized carbons (Fsp3) is 0.222. The number of hydrogen-bond acceptors (Lipinski definition) is 3. The van der Waals surface area contributed by atoms with Crippen LogP contribution >= 0.6 is 15.9 Å². The van der Waals surface area contributed by atoms with E-state index in [2.05, 4.69) is 31.6 Å². The Morgan fingerprint density at radius 3 is 3.00 bits per heavy atom. The summed E-state index contributed by atoms with van der Waals surface area (Å²) in [6.07, 6.45) is 0. The quantitative estimate of drug-likeness (QED) is 0.807. The first-order valence-electron chi connectivity index (χ1n) is 4.26. The molecule has 14 heavy (non-hydrogen) atoms. The third kappa shape index (κ3) is 2.04. The van der Waals surface area contributed by atoms with E-state index in [0.29, 0.717) is 11.6 Å². The maximum atomic E-state index is 13.3. The van der Waals surface area contributed by atoms with Crippen molar-refractivity contribution in [1.82, 2.24) is 5.32 Å². The zero-order chi connectivity index (χ0) is 9.97. The molecular formula is C9H9BrFN3. The van der Waals surface area contributed by atoms with E-state index >= 15 is 0 Å². The van der Waals surface area contributed by atoms with Crippen LogP contribution in [-0.2, 0) is 0 Å². The van der Waals surface area contributed by atoms with E-state index in [1.807, 2.05) is 0 Å². The largest absolute Gasteiger partial charge is 0.354 e. The summed E-state index contributed by atoms with van der Waals surface area (Å²) in [5.74, 6) is 0.335. The number of aliphatic imine (C=N–C) groups is 1. The summed E-state index contributed by atoms with van der Waals surface area (Å²) >= 11 is 3.20. The molecule has 0 aliphatic carbocycles. The SMILES string of the molecule is Fc1cc(Br)ccc1NC1=NCCN1. The van der Waals surface area contributed by atoms with Crippen LogP contribution in [0.1, 0.15) is 0 Å². The second kappa shape index (κ2) is 3.96. The average Bonchev–Trinajstić information content (AvgIpc) is 2.62. The number of anilines is 1. The minimum Gasteiger partial charge on any atom is -0.354 e.